The Kier molecular flexibility index (Phi) is 8.45. The molecule has 2 amide bonds. The van der Waals surface area contributed by atoms with Gasteiger partial charge in [0.25, 0.3) is 6.43 Å². The lowest BCUT2D eigenvalue weighted by Crippen LogP contribution is -2.21. The van der Waals surface area contributed by atoms with Crippen LogP contribution in [0.15, 0.2) is 30.4 Å². The Balaban J connectivity index is 1.85. The second kappa shape index (κ2) is 10.6. The van der Waals surface area contributed by atoms with Crippen molar-refractivity contribution in [1.29, 1.82) is 0 Å². The first-order chi connectivity index (χ1) is 14.1. The van der Waals surface area contributed by atoms with Crippen LogP contribution in [0.5, 0.6) is 5.75 Å². The Morgan fingerprint density at radius 3 is 2.63 bits per heavy atom. The number of nitrogens with one attached hydrogen (secondary N) is 1. The highest BCUT2D eigenvalue weighted by Crippen LogP contribution is 2.26. The molecule has 6 nitrogen and oxygen atoms in total. The van der Waals surface area contributed by atoms with Crippen LogP contribution in [-0.2, 0) is 19.4 Å². The normalized spacial score (nSPS) is 18.2. The van der Waals surface area contributed by atoms with Crippen LogP contribution in [0.1, 0.15) is 37.7 Å². The number of benzene rings is 1. The van der Waals surface area contributed by atoms with E-state index in [1.807, 2.05) is 0 Å². The summed E-state index contributed by atoms with van der Waals surface area (Å²) in [4.78, 5) is 22.6. The Morgan fingerprint density at radius 1 is 1.27 bits per heavy atom. The summed E-state index contributed by atoms with van der Waals surface area (Å²) in [5.74, 6) is -2.96. The fraction of sp³-hybridized carbons (Fsp3) is 0.500. The third-order valence-electron chi connectivity index (χ3n) is 4.64. The monoisotopic (exact) mass is 447 g/mol. The maximum absolute atomic E-state index is 13.7. The van der Waals surface area contributed by atoms with Gasteiger partial charge in [0.05, 0.1) is 17.4 Å². The number of allylic oxidation sites excluding steroid dienone is 2. The van der Waals surface area contributed by atoms with Crippen molar-refractivity contribution in [2.75, 3.05) is 18.1 Å². The number of ether oxygens (including phenoxy) is 1. The van der Waals surface area contributed by atoms with Gasteiger partial charge in [-0.05, 0) is 36.5 Å². The number of hydrogen-bond donors (Lipinski definition) is 1. The molecule has 166 valence electrons. The number of amides is 2. The number of halogens is 3. The number of hydrogen-bond acceptors (Lipinski definition) is 5. The van der Waals surface area contributed by atoms with E-state index in [4.69, 9.17) is 4.74 Å². The molecular formula is C20H24F3NO5S. The van der Waals surface area contributed by atoms with Gasteiger partial charge in [0.2, 0.25) is 11.8 Å². The molecule has 0 radical (unpaired) electrons. The molecule has 2 atom stereocenters. The average molecular weight is 447 g/mol. The summed E-state index contributed by atoms with van der Waals surface area (Å²) in [6.45, 7) is 0.698. The van der Waals surface area contributed by atoms with Crippen molar-refractivity contribution >= 4 is 21.7 Å². The average Bonchev–Trinajstić information content (AvgIpc) is 2.97. The van der Waals surface area contributed by atoms with E-state index in [9.17, 15) is 31.2 Å². The van der Waals surface area contributed by atoms with E-state index >= 15 is 0 Å². The molecule has 1 N–H and O–H groups in total. The topological polar surface area (TPSA) is 89.5 Å². The molecule has 0 aromatic heterocycles. The van der Waals surface area contributed by atoms with Crippen LogP contribution in [0.2, 0.25) is 0 Å². The molecule has 1 saturated heterocycles. The number of rotatable bonds is 11. The second-order valence-corrected chi connectivity index (χ2v) is 9.45. The third-order valence-corrected chi connectivity index (χ3v) is 6.51. The summed E-state index contributed by atoms with van der Waals surface area (Å²) < 4.78 is 67.6. The molecule has 1 aliphatic heterocycles. The van der Waals surface area contributed by atoms with E-state index in [-0.39, 0.29) is 41.9 Å². The molecule has 0 saturated carbocycles. The number of alkyl halides is 2. The van der Waals surface area contributed by atoms with Crippen molar-refractivity contribution in [3.8, 4) is 5.75 Å². The highest BCUT2D eigenvalue weighted by molar-refractivity contribution is 7.91. The fourth-order valence-electron chi connectivity index (χ4n) is 3.07. The molecule has 30 heavy (non-hydrogen) atoms. The van der Waals surface area contributed by atoms with Crippen LogP contribution in [0, 0.1) is 11.7 Å². The molecule has 1 aliphatic rings. The number of sulfone groups is 1. The van der Waals surface area contributed by atoms with Crippen LogP contribution < -0.4 is 10.1 Å². The van der Waals surface area contributed by atoms with Crippen LogP contribution in [0.3, 0.4) is 0 Å². The highest BCUT2D eigenvalue weighted by atomic mass is 32.2. The van der Waals surface area contributed by atoms with E-state index in [2.05, 4.69) is 5.32 Å². The zero-order valence-electron chi connectivity index (χ0n) is 16.4. The second-order valence-electron chi connectivity index (χ2n) is 7.22. The zero-order chi connectivity index (χ0) is 22.3. The van der Waals surface area contributed by atoms with Crippen molar-refractivity contribution in [2.45, 2.75) is 38.5 Å². The SMILES string of the molecule is C[C@@H](CS(=O)(=O)CC/C=C/CC1CC(=O)NC1=O)c1ccc(F)c(OCC(F)F)c1. The third kappa shape index (κ3) is 7.47. The fourth-order valence-corrected chi connectivity index (χ4v) is 4.69. The van der Waals surface area contributed by atoms with Crippen molar-refractivity contribution in [1.82, 2.24) is 5.32 Å². The van der Waals surface area contributed by atoms with E-state index in [0.717, 1.165) is 6.07 Å². The summed E-state index contributed by atoms with van der Waals surface area (Å²) in [5, 5.41) is 2.21. The smallest absolute Gasteiger partial charge is 0.272 e. The Bertz CT molecular complexity index is 902. The largest absolute Gasteiger partial charge is 0.485 e. The zero-order valence-corrected chi connectivity index (χ0v) is 17.3. The molecule has 0 spiro atoms. The van der Waals surface area contributed by atoms with Gasteiger partial charge in [0.1, 0.15) is 6.61 Å². The maximum Gasteiger partial charge on any atom is 0.272 e. The molecule has 1 aromatic rings. The minimum Gasteiger partial charge on any atom is -0.485 e. The van der Waals surface area contributed by atoms with E-state index < -0.39 is 40.5 Å². The number of carbonyl (C=O) groups is 2. The summed E-state index contributed by atoms with van der Waals surface area (Å²) in [7, 11) is -3.44. The van der Waals surface area contributed by atoms with Gasteiger partial charge in [-0.15, -0.1) is 0 Å². The standard InChI is InChI=1S/C20H24F3NO5S/c1-13(14-6-7-16(21)17(9-14)29-11-18(22)23)12-30(27,28)8-4-2-3-5-15-10-19(25)24-20(15)26/h2-3,6-7,9,13,15,18H,4-5,8,10-12H2,1H3,(H,24,25,26)/b3-2+/t13-,15?/m0/s1. The van der Waals surface area contributed by atoms with Gasteiger partial charge < -0.3 is 4.74 Å². The molecule has 1 aromatic carbocycles. The Hall–Kier alpha value is -2.36. The maximum atomic E-state index is 13.7. The summed E-state index contributed by atoms with van der Waals surface area (Å²) in [5.41, 5.74) is 0.469. The van der Waals surface area contributed by atoms with Gasteiger partial charge in [-0.3, -0.25) is 14.9 Å². The number of carbonyl (C=O) groups excluding carboxylic acids is 2. The Labute approximate surface area is 173 Å². The highest BCUT2D eigenvalue weighted by Gasteiger charge is 2.29. The molecule has 1 fully saturated rings. The van der Waals surface area contributed by atoms with Gasteiger partial charge in [0.15, 0.2) is 21.4 Å². The van der Waals surface area contributed by atoms with Gasteiger partial charge in [-0.2, -0.15) is 0 Å². The molecule has 1 heterocycles. The van der Waals surface area contributed by atoms with Crippen LogP contribution in [0.4, 0.5) is 13.2 Å². The van der Waals surface area contributed by atoms with E-state index in [1.54, 1.807) is 19.1 Å². The molecule has 1 unspecified atom stereocenters. The number of imide groups is 1. The molecular weight excluding hydrogens is 423 g/mol. The van der Waals surface area contributed by atoms with Crippen molar-refractivity contribution in [3.63, 3.8) is 0 Å². The van der Waals surface area contributed by atoms with E-state index in [0.29, 0.717) is 12.0 Å². The Morgan fingerprint density at radius 2 is 2.00 bits per heavy atom. The quantitative estimate of drug-likeness (QED) is 0.416. The molecule has 0 bridgehead atoms. The van der Waals surface area contributed by atoms with Crippen LogP contribution >= 0.6 is 0 Å². The molecule has 0 aliphatic carbocycles. The van der Waals surface area contributed by atoms with Gasteiger partial charge in [0, 0.05) is 6.42 Å². The molecule has 2 rings (SSSR count). The first-order valence-electron chi connectivity index (χ1n) is 9.47. The summed E-state index contributed by atoms with van der Waals surface area (Å²) in [6, 6.07) is 3.70. The van der Waals surface area contributed by atoms with E-state index in [1.165, 1.54) is 12.1 Å². The van der Waals surface area contributed by atoms with Gasteiger partial charge in [-0.1, -0.05) is 25.1 Å². The van der Waals surface area contributed by atoms with Crippen LogP contribution in [0.25, 0.3) is 0 Å². The lowest BCUT2D eigenvalue weighted by atomic mass is 10.0. The van der Waals surface area contributed by atoms with Crippen LogP contribution in [-0.4, -0.2) is 44.8 Å². The predicted molar refractivity (Wildman–Crippen MR) is 105 cm³/mol. The lowest BCUT2D eigenvalue weighted by molar-refractivity contribution is -0.125. The van der Waals surface area contributed by atoms with Crippen molar-refractivity contribution in [3.05, 3.63) is 41.7 Å². The summed E-state index contributed by atoms with van der Waals surface area (Å²) >= 11 is 0. The first-order valence-corrected chi connectivity index (χ1v) is 11.3. The van der Waals surface area contributed by atoms with Gasteiger partial charge in [-0.25, -0.2) is 21.6 Å². The first kappa shape index (κ1) is 23.9. The van der Waals surface area contributed by atoms with Crippen molar-refractivity contribution in [2.24, 2.45) is 5.92 Å². The van der Waals surface area contributed by atoms with Gasteiger partial charge >= 0.3 is 0 Å². The molecule has 10 heteroatoms. The minimum absolute atomic E-state index is 0.112. The lowest BCUT2D eigenvalue weighted by Gasteiger charge is -2.14. The predicted octanol–water partition coefficient (Wildman–Crippen LogP) is 2.99. The van der Waals surface area contributed by atoms with Crippen molar-refractivity contribution < 1.29 is 35.9 Å². The minimum atomic E-state index is -3.44. The summed E-state index contributed by atoms with van der Waals surface area (Å²) in [6.07, 6.45) is 1.36.